The molecule has 10 heteroatoms. The third-order valence-corrected chi connectivity index (χ3v) is 5.45. The van der Waals surface area contributed by atoms with Crippen LogP contribution < -0.4 is 4.74 Å². The first-order valence-corrected chi connectivity index (χ1v) is 10.2. The molecule has 2 heterocycles. The Morgan fingerprint density at radius 1 is 0.897 bits per heavy atom. The highest BCUT2D eigenvalue weighted by Crippen LogP contribution is 3.02. The average molecular weight is 427 g/mol. The number of hydrogen-bond donors (Lipinski definition) is 0. The van der Waals surface area contributed by atoms with Gasteiger partial charge in [0.25, 0.3) is 0 Å². The number of halogens is 5. The van der Waals surface area contributed by atoms with Crippen molar-refractivity contribution < 1.29 is 24.2 Å². The zero-order chi connectivity index (χ0) is 20.9. The number of ether oxygens (including phenoxy) is 1. The number of imidazole rings is 1. The van der Waals surface area contributed by atoms with Gasteiger partial charge < -0.3 is 9.30 Å². The Labute approximate surface area is 162 Å². The van der Waals surface area contributed by atoms with Crippen molar-refractivity contribution in [3.05, 3.63) is 67.1 Å². The van der Waals surface area contributed by atoms with E-state index in [2.05, 4.69) is 9.97 Å². The Morgan fingerprint density at radius 3 is 2.31 bits per heavy atom. The topological polar surface area (TPSA) is 39.9 Å². The number of fused-ring (bicyclic) bond motifs is 1. The van der Waals surface area contributed by atoms with Crippen molar-refractivity contribution in [2.24, 2.45) is 7.05 Å². The maximum atomic E-state index is 12.9. The largest absolute Gasteiger partial charge is 0.438 e. The minimum absolute atomic E-state index is 0.0468. The summed E-state index contributed by atoms with van der Waals surface area (Å²) in [6.07, 6.45) is 3.14. The van der Waals surface area contributed by atoms with Crippen LogP contribution in [0.5, 0.6) is 11.6 Å². The van der Waals surface area contributed by atoms with Gasteiger partial charge in [-0.05, 0) is 54.1 Å². The summed E-state index contributed by atoms with van der Waals surface area (Å²) in [6.45, 7) is 0. The van der Waals surface area contributed by atoms with Crippen LogP contribution in [0.1, 0.15) is 0 Å². The van der Waals surface area contributed by atoms with E-state index >= 15 is 0 Å². The van der Waals surface area contributed by atoms with Crippen LogP contribution in [0.2, 0.25) is 0 Å². The summed E-state index contributed by atoms with van der Waals surface area (Å²) in [5.41, 5.74) is 2.99. The van der Waals surface area contributed by atoms with E-state index < -0.39 is 15.1 Å². The number of aryl methyl sites for hydroxylation is 1. The second-order valence-corrected chi connectivity index (χ2v) is 8.87. The van der Waals surface area contributed by atoms with Crippen molar-refractivity contribution in [1.29, 1.82) is 0 Å². The van der Waals surface area contributed by atoms with Gasteiger partial charge in [-0.15, -0.1) is 0 Å². The summed E-state index contributed by atoms with van der Waals surface area (Å²) in [5, 5.41) is 0. The third kappa shape index (κ3) is 3.88. The molecule has 0 fully saturated rings. The van der Waals surface area contributed by atoms with Gasteiger partial charge in [0.2, 0.25) is 5.88 Å². The Bertz CT molecular complexity index is 1220. The first-order valence-electron chi connectivity index (χ1n) is 8.29. The number of rotatable bonds is 4. The van der Waals surface area contributed by atoms with E-state index in [-0.39, 0.29) is 11.6 Å². The zero-order valence-corrected chi connectivity index (χ0v) is 15.7. The molecule has 4 rings (SSSR count). The molecule has 0 atom stereocenters. The fourth-order valence-corrected chi connectivity index (χ4v) is 3.52. The van der Waals surface area contributed by atoms with Crippen molar-refractivity contribution in [2.75, 3.05) is 0 Å². The standard InChI is InChI=1S/C19H14F5N3OS/c1-27-12-26-17-11-13(4-9-18(17)27)16-3-2-10-25-19(16)28-14-5-7-15(8-6-14)29(20,21,22,23)24/h2-12H,1H3. The molecule has 0 aliphatic rings. The van der Waals surface area contributed by atoms with E-state index in [1.165, 1.54) is 6.20 Å². The van der Waals surface area contributed by atoms with E-state index in [4.69, 9.17) is 4.74 Å². The lowest BCUT2D eigenvalue weighted by Crippen LogP contribution is -2.05. The molecule has 4 aromatic rings. The molecular formula is C19H14F5N3OS. The number of benzene rings is 2. The molecule has 152 valence electrons. The molecule has 0 aliphatic heterocycles. The summed E-state index contributed by atoms with van der Waals surface area (Å²) in [7, 11) is -7.86. The number of hydrogen-bond acceptors (Lipinski definition) is 3. The van der Waals surface area contributed by atoms with Crippen LogP contribution in [0.15, 0.2) is 72.0 Å². The van der Waals surface area contributed by atoms with Crippen LogP contribution in [0.25, 0.3) is 22.2 Å². The van der Waals surface area contributed by atoms with Gasteiger partial charge >= 0.3 is 10.2 Å². The number of nitrogens with zero attached hydrogens (tertiary/aromatic N) is 3. The van der Waals surface area contributed by atoms with Crippen LogP contribution in [-0.4, -0.2) is 14.5 Å². The molecule has 0 saturated carbocycles. The quantitative estimate of drug-likeness (QED) is 0.327. The van der Waals surface area contributed by atoms with Crippen molar-refractivity contribution in [2.45, 2.75) is 4.90 Å². The van der Waals surface area contributed by atoms with E-state index in [1.54, 1.807) is 18.5 Å². The average Bonchev–Trinajstić information content (AvgIpc) is 3.01. The number of pyridine rings is 1. The highest BCUT2D eigenvalue weighted by atomic mass is 32.5. The van der Waals surface area contributed by atoms with Crippen molar-refractivity contribution in [1.82, 2.24) is 14.5 Å². The summed E-state index contributed by atoms with van der Waals surface area (Å²) < 4.78 is 71.7. The third-order valence-electron chi connectivity index (χ3n) is 4.29. The predicted molar refractivity (Wildman–Crippen MR) is 102 cm³/mol. The van der Waals surface area contributed by atoms with Crippen LogP contribution in [-0.2, 0) is 7.05 Å². The molecule has 0 N–H and O–H groups in total. The first-order chi connectivity index (χ1) is 13.4. The molecule has 2 aromatic carbocycles. The zero-order valence-electron chi connectivity index (χ0n) is 14.9. The molecule has 4 nitrogen and oxygen atoms in total. The van der Waals surface area contributed by atoms with E-state index in [0.29, 0.717) is 17.7 Å². The minimum Gasteiger partial charge on any atom is -0.438 e. The first kappa shape index (κ1) is 19.2. The molecule has 0 amide bonds. The van der Waals surface area contributed by atoms with Crippen LogP contribution in [0.3, 0.4) is 0 Å². The van der Waals surface area contributed by atoms with Crippen molar-refractivity contribution in [3.8, 4) is 22.8 Å². The lowest BCUT2D eigenvalue weighted by Gasteiger charge is -2.40. The highest BCUT2D eigenvalue weighted by Gasteiger charge is 2.65. The Hall–Kier alpha value is -3.14. The smallest absolute Gasteiger partial charge is 0.310 e. The molecule has 29 heavy (non-hydrogen) atoms. The highest BCUT2D eigenvalue weighted by molar-refractivity contribution is 8.45. The summed E-state index contributed by atoms with van der Waals surface area (Å²) in [4.78, 5) is 6.44. The van der Waals surface area contributed by atoms with Gasteiger partial charge in [-0.3, -0.25) is 0 Å². The fraction of sp³-hybridized carbons (Fsp3) is 0.0526. The molecule has 0 unspecified atom stereocenters. The van der Waals surface area contributed by atoms with E-state index in [1.807, 2.05) is 29.8 Å². The molecule has 0 saturated heterocycles. The number of aromatic nitrogens is 3. The minimum atomic E-state index is -9.73. The lowest BCUT2D eigenvalue weighted by molar-refractivity contribution is 0.363. The van der Waals surface area contributed by atoms with Gasteiger partial charge in [0.15, 0.2) is 0 Å². The van der Waals surface area contributed by atoms with Gasteiger partial charge in [0, 0.05) is 18.8 Å². The van der Waals surface area contributed by atoms with Gasteiger partial charge in [0.05, 0.1) is 17.4 Å². The maximum Gasteiger partial charge on any atom is 0.310 e. The SMILES string of the molecule is Cn1cnc2cc(-c3cccnc3Oc3ccc(S(F)(F)(F)(F)F)cc3)ccc21. The Kier molecular flexibility index (Phi) is 3.77. The lowest BCUT2D eigenvalue weighted by atomic mass is 10.1. The second-order valence-electron chi connectivity index (χ2n) is 6.46. The Balaban J connectivity index is 1.69. The molecule has 0 spiro atoms. The summed E-state index contributed by atoms with van der Waals surface area (Å²) in [6, 6.07) is 11.2. The van der Waals surface area contributed by atoms with E-state index in [9.17, 15) is 19.4 Å². The second kappa shape index (κ2) is 5.69. The normalized spacial score (nSPS) is 14.4. The van der Waals surface area contributed by atoms with E-state index in [0.717, 1.165) is 28.7 Å². The van der Waals surface area contributed by atoms with Crippen LogP contribution in [0.4, 0.5) is 19.4 Å². The molecular weight excluding hydrogens is 413 g/mol. The van der Waals surface area contributed by atoms with Crippen LogP contribution in [0, 0.1) is 0 Å². The van der Waals surface area contributed by atoms with Crippen molar-refractivity contribution in [3.63, 3.8) is 0 Å². The molecule has 0 bridgehead atoms. The molecule has 0 aliphatic carbocycles. The summed E-state index contributed by atoms with van der Waals surface area (Å²) in [5.74, 6) is 0.0809. The van der Waals surface area contributed by atoms with Gasteiger partial charge in [0.1, 0.15) is 10.6 Å². The molecule has 2 aromatic heterocycles. The van der Waals surface area contributed by atoms with Crippen molar-refractivity contribution >= 4 is 21.3 Å². The monoisotopic (exact) mass is 427 g/mol. The van der Waals surface area contributed by atoms with Gasteiger partial charge in [-0.1, -0.05) is 25.5 Å². The Morgan fingerprint density at radius 2 is 1.62 bits per heavy atom. The van der Waals surface area contributed by atoms with Gasteiger partial charge in [-0.2, -0.15) is 0 Å². The fourth-order valence-electron chi connectivity index (χ4n) is 2.87. The van der Waals surface area contributed by atoms with Gasteiger partial charge in [-0.25, -0.2) is 9.97 Å². The van der Waals surface area contributed by atoms with Crippen LogP contribution >= 0.6 is 10.2 Å². The molecule has 0 radical (unpaired) electrons. The predicted octanol–water partition coefficient (Wildman–Crippen LogP) is 7.09. The maximum absolute atomic E-state index is 12.9. The summed E-state index contributed by atoms with van der Waals surface area (Å²) >= 11 is 0.